The van der Waals surface area contributed by atoms with E-state index in [0.717, 1.165) is 42.9 Å². The fourth-order valence-electron chi connectivity index (χ4n) is 3.27. The molecule has 0 radical (unpaired) electrons. The van der Waals surface area contributed by atoms with Crippen LogP contribution in [0.15, 0.2) is 53.9 Å². The van der Waals surface area contributed by atoms with Gasteiger partial charge in [0.05, 0.1) is 10.6 Å². The van der Waals surface area contributed by atoms with E-state index in [4.69, 9.17) is 4.74 Å². The third-order valence-electron chi connectivity index (χ3n) is 4.73. The first-order chi connectivity index (χ1) is 13.7. The molecule has 2 aromatic heterocycles. The van der Waals surface area contributed by atoms with Gasteiger partial charge in [-0.1, -0.05) is 24.3 Å². The summed E-state index contributed by atoms with van der Waals surface area (Å²) in [6.07, 6.45) is 3.15. The summed E-state index contributed by atoms with van der Waals surface area (Å²) in [5.74, 6) is -0.693. The highest BCUT2D eigenvalue weighted by molar-refractivity contribution is 7.13. The number of rotatable bonds is 5. The molecule has 28 heavy (non-hydrogen) atoms. The molecule has 1 aromatic carbocycles. The monoisotopic (exact) mass is 395 g/mol. The minimum atomic E-state index is -0.551. The summed E-state index contributed by atoms with van der Waals surface area (Å²) in [6.45, 7) is 1.23. The minimum Gasteiger partial charge on any atom is -0.451 e. The molecule has 7 heteroatoms. The molecule has 1 fully saturated rings. The lowest BCUT2D eigenvalue weighted by Gasteiger charge is -2.26. The quantitative estimate of drug-likeness (QED) is 0.617. The SMILES string of the molecule is O=C(OCC(=O)N1CCCCC1)c1cc(-c2cccs2)nn1-c1ccccc1. The number of piperidine rings is 1. The van der Waals surface area contributed by atoms with E-state index in [-0.39, 0.29) is 12.5 Å². The van der Waals surface area contributed by atoms with Crippen LogP contribution in [0.5, 0.6) is 0 Å². The molecule has 1 aliphatic rings. The predicted molar refractivity (Wildman–Crippen MR) is 108 cm³/mol. The molecule has 0 saturated carbocycles. The van der Waals surface area contributed by atoms with E-state index in [1.807, 2.05) is 47.8 Å². The Balaban J connectivity index is 1.55. The molecule has 0 atom stereocenters. The largest absolute Gasteiger partial charge is 0.451 e. The van der Waals surface area contributed by atoms with Gasteiger partial charge < -0.3 is 9.64 Å². The number of likely N-dealkylation sites (tertiary alicyclic amines) is 1. The Bertz CT molecular complexity index is 945. The Kier molecular flexibility index (Phi) is 5.53. The predicted octanol–water partition coefficient (Wildman–Crippen LogP) is 3.77. The second-order valence-corrected chi connectivity index (χ2v) is 7.60. The van der Waals surface area contributed by atoms with Crippen LogP contribution in [-0.2, 0) is 9.53 Å². The third-order valence-corrected chi connectivity index (χ3v) is 5.62. The summed E-state index contributed by atoms with van der Waals surface area (Å²) in [5.41, 5.74) is 1.77. The third kappa shape index (κ3) is 3.99. The molecule has 144 valence electrons. The molecule has 1 aliphatic heterocycles. The zero-order chi connectivity index (χ0) is 19.3. The molecule has 0 aliphatic carbocycles. The van der Waals surface area contributed by atoms with E-state index in [9.17, 15) is 9.59 Å². The van der Waals surface area contributed by atoms with Crippen molar-refractivity contribution in [3.8, 4) is 16.3 Å². The fraction of sp³-hybridized carbons (Fsp3) is 0.286. The lowest BCUT2D eigenvalue weighted by atomic mass is 10.1. The highest BCUT2D eigenvalue weighted by Crippen LogP contribution is 2.26. The van der Waals surface area contributed by atoms with Crippen LogP contribution in [0.25, 0.3) is 16.3 Å². The van der Waals surface area contributed by atoms with Crippen molar-refractivity contribution in [3.05, 3.63) is 59.6 Å². The summed E-state index contributed by atoms with van der Waals surface area (Å²) in [4.78, 5) is 27.8. The Morgan fingerprint density at radius 3 is 2.54 bits per heavy atom. The average Bonchev–Trinajstić information content (AvgIpc) is 3.43. The molecule has 0 bridgehead atoms. The van der Waals surface area contributed by atoms with Crippen molar-refractivity contribution < 1.29 is 14.3 Å². The number of carbonyl (C=O) groups excluding carboxylic acids is 2. The maximum atomic E-state index is 12.8. The van der Waals surface area contributed by atoms with Crippen LogP contribution in [0.2, 0.25) is 0 Å². The lowest BCUT2D eigenvalue weighted by molar-refractivity contribution is -0.135. The number of thiophene rings is 1. The standard InChI is InChI=1S/C21H21N3O3S/c25-20(23-11-5-2-6-12-23)15-27-21(26)18-14-17(19-10-7-13-28-19)22-24(18)16-8-3-1-4-9-16/h1,3-4,7-10,13-14H,2,5-6,11-12,15H2. The Morgan fingerprint density at radius 1 is 1.04 bits per heavy atom. The van der Waals surface area contributed by atoms with Gasteiger partial charge in [0, 0.05) is 19.2 Å². The van der Waals surface area contributed by atoms with Crippen molar-refractivity contribution in [2.45, 2.75) is 19.3 Å². The van der Waals surface area contributed by atoms with Gasteiger partial charge in [0.1, 0.15) is 5.69 Å². The molecule has 6 nitrogen and oxygen atoms in total. The smallest absolute Gasteiger partial charge is 0.357 e. The first-order valence-corrected chi connectivity index (χ1v) is 10.2. The van der Waals surface area contributed by atoms with E-state index < -0.39 is 5.97 Å². The summed E-state index contributed by atoms with van der Waals surface area (Å²) in [6, 6.07) is 15.0. The van der Waals surface area contributed by atoms with E-state index in [2.05, 4.69) is 5.10 Å². The molecule has 3 aromatic rings. The van der Waals surface area contributed by atoms with Gasteiger partial charge in [0.2, 0.25) is 0 Å². The number of amides is 1. The highest BCUT2D eigenvalue weighted by Gasteiger charge is 2.22. The zero-order valence-electron chi connectivity index (χ0n) is 15.4. The minimum absolute atomic E-state index is 0.141. The Morgan fingerprint density at radius 2 is 1.82 bits per heavy atom. The number of para-hydroxylation sites is 1. The van der Waals surface area contributed by atoms with E-state index in [0.29, 0.717) is 11.4 Å². The van der Waals surface area contributed by atoms with Crippen LogP contribution in [0, 0.1) is 0 Å². The molecular formula is C21H21N3O3S. The summed E-state index contributed by atoms with van der Waals surface area (Å²) in [7, 11) is 0. The number of hydrogen-bond acceptors (Lipinski definition) is 5. The second-order valence-electron chi connectivity index (χ2n) is 6.66. The number of hydrogen-bond donors (Lipinski definition) is 0. The second kappa shape index (κ2) is 8.39. The summed E-state index contributed by atoms with van der Waals surface area (Å²) < 4.78 is 6.92. The molecule has 1 amide bonds. The van der Waals surface area contributed by atoms with Crippen molar-refractivity contribution in [1.29, 1.82) is 0 Å². The van der Waals surface area contributed by atoms with Crippen molar-refractivity contribution >= 4 is 23.2 Å². The molecule has 0 spiro atoms. The molecular weight excluding hydrogens is 374 g/mol. The number of aromatic nitrogens is 2. The molecule has 0 unspecified atom stereocenters. The van der Waals surface area contributed by atoms with Gasteiger partial charge in [0.15, 0.2) is 12.3 Å². The molecule has 4 rings (SSSR count). The number of nitrogens with zero attached hydrogens (tertiary/aromatic N) is 3. The average molecular weight is 395 g/mol. The van der Waals surface area contributed by atoms with E-state index >= 15 is 0 Å². The van der Waals surface area contributed by atoms with Crippen molar-refractivity contribution in [3.63, 3.8) is 0 Å². The first-order valence-electron chi connectivity index (χ1n) is 9.36. The van der Waals surface area contributed by atoms with Crippen molar-refractivity contribution in [2.75, 3.05) is 19.7 Å². The first kappa shape index (κ1) is 18.4. The lowest BCUT2D eigenvalue weighted by Crippen LogP contribution is -2.38. The van der Waals surface area contributed by atoms with Crippen LogP contribution in [-0.4, -0.2) is 46.3 Å². The van der Waals surface area contributed by atoms with E-state index in [1.54, 1.807) is 27.0 Å². The molecule has 3 heterocycles. The van der Waals surface area contributed by atoms with Crippen LogP contribution >= 0.6 is 11.3 Å². The van der Waals surface area contributed by atoms with Crippen LogP contribution in [0.4, 0.5) is 0 Å². The van der Waals surface area contributed by atoms with Gasteiger partial charge in [-0.15, -0.1) is 11.3 Å². The van der Waals surface area contributed by atoms with Gasteiger partial charge >= 0.3 is 5.97 Å². The van der Waals surface area contributed by atoms with Crippen LogP contribution < -0.4 is 0 Å². The van der Waals surface area contributed by atoms with E-state index in [1.165, 1.54) is 0 Å². The number of benzene rings is 1. The normalized spacial score (nSPS) is 14.1. The number of carbonyl (C=O) groups is 2. The van der Waals surface area contributed by atoms with Gasteiger partial charge in [0.25, 0.3) is 5.91 Å². The van der Waals surface area contributed by atoms with Crippen molar-refractivity contribution in [1.82, 2.24) is 14.7 Å². The highest BCUT2D eigenvalue weighted by atomic mass is 32.1. The Labute approximate surface area is 167 Å². The molecule has 0 N–H and O–H groups in total. The molecule has 1 saturated heterocycles. The van der Waals surface area contributed by atoms with Gasteiger partial charge in [-0.2, -0.15) is 5.10 Å². The maximum Gasteiger partial charge on any atom is 0.357 e. The zero-order valence-corrected chi connectivity index (χ0v) is 16.2. The van der Waals surface area contributed by atoms with Gasteiger partial charge in [-0.25, -0.2) is 9.48 Å². The topological polar surface area (TPSA) is 64.4 Å². The van der Waals surface area contributed by atoms with Crippen LogP contribution in [0.1, 0.15) is 29.8 Å². The maximum absolute atomic E-state index is 12.8. The van der Waals surface area contributed by atoms with Crippen LogP contribution in [0.3, 0.4) is 0 Å². The van der Waals surface area contributed by atoms with Crippen molar-refractivity contribution in [2.24, 2.45) is 0 Å². The summed E-state index contributed by atoms with van der Waals surface area (Å²) >= 11 is 1.55. The number of esters is 1. The van der Waals surface area contributed by atoms with Gasteiger partial charge in [-0.05, 0) is 42.8 Å². The Hall–Kier alpha value is -2.93. The van der Waals surface area contributed by atoms with Gasteiger partial charge in [-0.3, -0.25) is 4.79 Å². The fourth-order valence-corrected chi connectivity index (χ4v) is 3.95. The number of ether oxygens (including phenoxy) is 1. The summed E-state index contributed by atoms with van der Waals surface area (Å²) in [5, 5.41) is 6.56.